The monoisotopic (exact) mass is 263 g/mol. The normalized spacial score (nSPS) is 14.3. The molecule has 0 atom stereocenters. The molecule has 0 radical (unpaired) electrons. The Labute approximate surface area is 112 Å². The fourth-order valence-corrected chi connectivity index (χ4v) is 1.87. The number of nitrogens with zero attached hydrogens (tertiary/aromatic N) is 1. The molecule has 0 N–H and O–H groups in total. The van der Waals surface area contributed by atoms with Crippen LogP contribution in [-0.4, -0.2) is 29.6 Å². The Kier molecular flexibility index (Phi) is 3.22. The summed E-state index contributed by atoms with van der Waals surface area (Å²) in [5, 5.41) is 0. The zero-order valence-electron chi connectivity index (χ0n) is 11.5. The van der Waals surface area contributed by atoms with Crippen LogP contribution in [0.25, 0.3) is 0 Å². The van der Waals surface area contributed by atoms with Crippen LogP contribution in [0.1, 0.15) is 36.7 Å². The lowest BCUT2D eigenvalue weighted by Crippen LogP contribution is -2.36. The van der Waals surface area contributed by atoms with E-state index in [2.05, 4.69) is 0 Å². The minimum atomic E-state index is -0.621. The van der Waals surface area contributed by atoms with Crippen LogP contribution >= 0.6 is 0 Å². The highest BCUT2D eigenvalue weighted by Gasteiger charge is 2.35. The third-order valence-corrected chi connectivity index (χ3v) is 2.73. The number of carbonyl (C=O) groups is 2. The van der Waals surface area contributed by atoms with E-state index in [1.54, 1.807) is 39.0 Å². The summed E-state index contributed by atoms with van der Waals surface area (Å²) in [6, 6.07) is 5.20. The molecule has 102 valence electrons. The van der Waals surface area contributed by atoms with Crippen molar-refractivity contribution in [3.63, 3.8) is 0 Å². The molecule has 1 heterocycles. The summed E-state index contributed by atoms with van der Waals surface area (Å²) >= 11 is 0. The lowest BCUT2D eigenvalue weighted by atomic mass is 10.1. The summed E-state index contributed by atoms with van der Waals surface area (Å²) in [6.45, 7) is 5.54. The number of hydrogen-bond acceptors (Lipinski definition) is 4. The molecule has 1 aromatic rings. The number of amides is 2. The van der Waals surface area contributed by atoms with E-state index in [0.717, 1.165) is 10.5 Å². The number of fused-ring (bicyclic) bond motifs is 1. The van der Waals surface area contributed by atoms with Gasteiger partial charge in [0.15, 0.2) is 0 Å². The molecule has 1 aromatic carbocycles. The minimum absolute atomic E-state index is 0.243. The number of hydrogen-bond donors (Lipinski definition) is 0. The molecule has 0 saturated carbocycles. The van der Waals surface area contributed by atoms with Crippen molar-refractivity contribution in [2.24, 2.45) is 0 Å². The Morgan fingerprint density at radius 3 is 2.58 bits per heavy atom. The summed E-state index contributed by atoms with van der Waals surface area (Å²) in [5.74, 6) is 0.251. The molecule has 5 heteroatoms. The lowest BCUT2D eigenvalue weighted by molar-refractivity contribution is 0.0248. The molecule has 0 bridgehead atoms. The van der Waals surface area contributed by atoms with Crippen LogP contribution in [0.15, 0.2) is 18.2 Å². The van der Waals surface area contributed by atoms with E-state index in [-0.39, 0.29) is 12.5 Å². The first-order valence-corrected chi connectivity index (χ1v) is 6.03. The van der Waals surface area contributed by atoms with Gasteiger partial charge in [-0.1, -0.05) is 6.07 Å². The Hall–Kier alpha value is -2.04. The molecule has 0 unspecified atom stereocenters. The molecule has 5 nitrogen and oxygen atoms in total. The molecule has 1 aliphatic heterocycles. The highest BCUT2D eigenvalue weighted by atomic mass is 16.6. The maximum Gasteiger partial charge on any atom is 0.417 e. The highest BCUT2D eigenvalue weighted by Crippen LogP contribution is 2.27. The fourth-order valence-electron chi connectivity index (χ4n) is 1.87. The fraction of sp³-hybridized carbons (Fsp3) is 0.429. The van der Waals surface area contributed by atoms with Gasteiger partial charge in [-0.25, -0.2) is 9.69 Å². The van der Waals surface area contributed by atoms with E-state index in [0.29, 0.717) is 11.3 Å². The zero-order chi connectivity index (χ0) is 14.2. The minimum Gasteiger partial charge on any atom is -0.497 e. The van der Waals surface area contributed by atoms with Crippen molar-refractivity contribution >= 4 is 12.0 Å². The zero-order valence-corrected chi connectivity index (χ0v) is 11.5. The van der Waals surface area contributed by atoms with E-state index < -0.39 is 11.7 Å². The number of imide groups is 1. The van der Waals surface area contributed by atoms with Gasteiger partial charge in [0.05, 0.1) is 13.7 Å². The van der Waals surface area contributed by atoms with Gasteiger partial charge in [-0.15, -0.1) is 0 Å². The van der Waals surface area contributed by atoms with Gasteiger partial charge in [0, 0.05) is 5.56 Å². The Morgan fingerprint density at radius 1 is 1.32 bits per heavy atom. The molecule has 0 saturated heterocycles. The van der Waals surface area contributed by atoms with Crippen LogP contribution in [0.3, 0.4) is 0 Å². The molecule has 0 spiro atoms. The van der Waals surface area contributed by atoms with Crippen molar-refractivity contribution in [1.29, 1.82) is 0 Å². The smallest absolute Gasteiger partial charge is 0.417 e. The molecule has 2 rings (SSSR count). The van der Waals surface area contributed by atoms with Crippen molar-refractivity contribution in [3.05, 3.63) is 29.3 Å². The summed E-state index contributed by atoms with van der Waals surface area (Å²) in [4.78, 5) is 25.2. The van der Waals surface area contributed by atoms with E-state index in [1.807, 2.05) is 0 Å². The summed E-state index contributed by atoms with van der Waals surface area (Å²) < 4.78 is 10.3. The third-order valence-electron chi connectivity index (χ3n) is 2.73. The average molecular weight is 263 g/mol. The number of methoxy groups -OCH3 is 1. The van der Waals surface area contributed by atoms with Crippen molar-refractivity contribution in [1.82, 2.24) is 4.90 Å². The summed E-state index contributed by atoms with van der Waals surface area (Å²) in [5.41, 5.74) is 0.672. The van der Waals surface area contributed by atoms with Crippen LogP contribution in [-0.2, 0) is 11.3 Å². The van der Waals surface area contributed by atoms with Gasteiger partial charge < -0.3 is 9.47 Å². The topological polar surface area (TPSA) is 55.8 Å². The summed E-state index contributed by atoms with van der Waals surface area (Å²) in [6.07, 6.45) is -0.618. The van der Waals surface area contributed by atoms with Gasteiger partial charge in [-0.05, 0) is 38.5 Å². The molecular formula is C14H17NO4. The molecule has 0 fully saturated rings. The van der Waals surface area contributed by atoms with Gasteiger partial charge in [-0.3, -0.25) is 4.79 Å². The SMILES string of the molecule is COc1ccc2c(c1)C(=O)N(C(=O)OC(C)(C)C)C2. The largest absolute Gasteiger partial charge is 0.497 e. The number of carbonyl (C=O) groups excluding carboxylic acids is 2. The van der Waals surface area contributed by atoms with Gasteiger partial charge in [0.25, 0.3) is 5.91 Å². The van der Waals surface area contributed by atoms with Gasteiger partial charge in [0.1, 0.15) is 11.4 Å². The lowest BCUT2D eigenvalue weighted by Gasteiger charge is -2.23. The van der Waals surface area contributed by atoms with Crippen molar-refractivity contribution in [3.8, 4) is 5.75 Å². The van der Waals surface area contributed by atoms with Crippen LogP contribution < -0.4 is 4.74 Å². The van der Waals surface area contributed by atoms with Crippen LogP contribution in [0.4, 0.5) is 4.79 Å². The first kappa shape index (κ1) is 13.4. The Bertz CT molecular complexity index is 531. The first-order chi connectivity index (χ1) is 8.81. The average Bonchev–Trinajstić information content (AvgIpc) is 2.64. The summed E-state index contributed by atoms with van der Waals surface area (Å²) in [7, 11) is 1.53. The van der Waals surface area contributed by atoms with Gasteiger partial charge >= 0.3 is 6.09 Å². The van der Waals surface area contributed by atoms with E-state index >= 15 is 0 Å². The maximum atomic E-state index is 12.2. The van der Waals surface area contributed by atoms with Gasteiger partial charge in [0.2, 0.25) is 0 Å². The standard InChI is InChI=1S/C14H17NO4/c1-14(2,3)19-13(17)15-8-9-5-6-10(18-4)7-11(9)12(15)16/h5-7H,8H2,1-4H3. The number of rotatable bonds is 1. The van der Waals surface area contributed by atoms with E-state index in [1.165, 1.54) is 7.11 Å². The first-order valence-electron chi connectivity index (χ1n) is 6.03. The molecule has 19 heavy (non-hydrogen) atoms. The van der Waals surface area contributed by atoms with Crippen molar-refractivity contribution < 1.29 is 19.1 Å². The Balaban J connectivity index is 2.21. The quantitative estimate of drug-likeness (QED) is 0.781. The van der Waals surface area contributed by atoms with Crippen LogP contribution in [0.2, 0.25) is 0 Å². The molecule has 2 amide bonds. The molecule has 0 aliphatic carbocycles. The molecule has 0 aromatic heterocycles. The molecular weight excluding hydrogens is 246 g/mol. The number of ether oxygens (including phenoxy) is 2. The second-order valence-corrected chi connectivity index (χ2v) is 5.39. The van der Waals surface area contributed by atoms with E-state index in [9.17, 15) is 9.59 Å². The third kappa shape index (κ3) is 2.70. The van der Waals surface area contributed by atoms with Crippen molar-refractivity contribution in [2.75, 3.05) is 7.11 Å². The van der Waals surface area contributed by atoms with E-state index in [4.69, 9.17) is 9.47 Å². The highest BCUT2D eigenvalue weighted by molar-refractivity contribution is 6.06. The van der Waals surface area contributed by atoms with Gasteiger partial charge in [-0.2, -0.15) is 0 Å². The maximum absolute atomic E-state index is 12.2. The predicted molar refractivity (Wildman–Crippen MR) is 69.1 cm³/mol. The van der Waals surface area contributed by atoms with Crippen LogP contribution in [0.5, 0.6) is 5.75 Å². The molecule has 1 aliphatic rings. The number of benzene rings is 1. The Morgan fingerprint density at radius 2 is 2.00 bits per heavy atom. The second-order valence-electron chi connectivity index (χ2n) is 5.39. The van der Waals surface area contributed by atoms with Crippen molar-refractivity contribution in [2.45, 2.75) is 32.9 Å². The predicted octanol–water partition coefficient (Wildman–Crippen LogP) is 2.59. The van der Waals surface area contributed by atoms with Crippen LogP contribution in [0, 0.1) is 0 Å². The second kappa shape index (κ2) is 4.57.